The van der Waals surface area contributed by atoms with Crippen molar-refractivity contribution in [2.75, 3.05) is 18.0 Å². The van der Waals surface area contributed by atoms with Crippen LogP contribution in [0.15, 0.2) is 48.5 Å². The Labute approximate surface area is 127 Å². The van der Waals surface area contributed by atoms with Crippen molar-refractivity contribution in [3.8, 4) is 0 Å². The second-order valence-corrected chi connectivity index (χ2v) is 5.92. The van der Waals surface area contributed by atoms with Gasteiger partial charge in [-0.1, -0.05) is 43.3 Å². The molecule has 1 aliphatic carbocycles. The van der Waals surface area contributed by atoms with Gasteiger partial charge in [-0.05, 0) is 41.7 Å². The van der Waals surface area contributed by atoms with Gasteiger partial charge in [0.1, 0.15) is 0 Å². The lowest BCUT2D eigenvalue weighted by atomic mass is 9.77. The van der Waals surface area contributed by atoms with E-state index in [2.05, 4.69) is 60.4 Å². The van der Waals surface area contributed by atoms with Crippen LogP contribution in [0, 0.1) is 0 Å². The summed E-state index contributed by atoms with van der Waals surface area (Å²) < 4.78 is 0. The minimum absolute atomic E-state index is 0.615. The van der Waals surface area contributed by atoms with Gasteiger partial charge in [0.2, 0.25) is 0 Å². The SMILES string of the molecule is CCCN(CC1Cc2ccccc21)c1ccc(CN)cc1. The molecule has 2 nitrogen and oxygen atoms in total. The molecule has 0 bridgehead atoms. The highest BCUT2D eigenvalue weighted by molar-refractivity contribution is 5.50. The summed E-state index contributed by atoms with van der Waals surface area (Å²) in [6, 6.07) is 17.6. The first-order chi connectivity index (χ1) is 10.3. The van der Waals surface area contributed by atoms with Crippen LogP contribution in [-0.2, 0) is 13.0 Å². The summed E-state index contributed by atoms with van der Waals surface area (Å²) in [6.45, 7) is 5.09. The number of fused-ring (bicyclic) bond motifs is 1. The molecule has 0 saturated heterocycles. The fourth-order valence-electron chi connectivity index (χ4n) is 3.23. The van der Waals surface area contributed by atoms with Crippen LogP contribution in [0.3, 0.4) is 0 Å². The number of hydrogen-bond acceptors (Lipinski definition) is 2. The second-order valence-electron chi connectivity index (χ2n) is 5.92. The smallest absolute Gasteiger partial charge is 0.0366 e. The molecule has 110 valence electrons. The lowest BCUT2D eigenvalue weighted by Crippen LogP contribution is -2.34. The number of nitrogens with two attached hydrogens (primary N) is 1. The molecule has 2 N–H and O–H groups in total. The Morgan fingerprint density at radius 2 is 1.86 bits per heavy atom. The van der Waals surface area contributed by atoms with E-state index in [-0.39, 0.29) is 0 Å². The molecule has 21 heavy (non-hydrogen) atoms. The van der Waals surface area contributed by atoms with Crippen molar-refractivity contribution >= 4 is 5.69 Å². The molecule has 2 aromatic carbocycles. The van der Waals surface area contributed by atoms with Crippen LogP contribution in [0.2, 0.25) is 0 Å². The van der Waals surface area contributed by atoms with Gasteiger partial charge in [-0.15, -0.1) is 0 Å². The summed E-state index contributed by atoms with van der Waals surface area (Å²) in [5.41, 5.74) is 11.3. The van der Waals surface area contributed by atoms with Gasteiger partial charge in [0.15, 0.2) is 0 Å². The lowest BCUT2D eigenvalue weighted by Gasteiger charge is -2.36. The zero-order chi connectivity index (χ0) is 14.7. The Bertz CT molecular complexity index is 589. The average molecular weight is 280 g/mol. The van der Waals surface area contributed by atoms with E-state index < -0.39 is 0 Å². The Kier molecular flexibility index (Phi) is 4.26. The standard InChI is InChI=1S/C19H24N2/c1-2-11-21(18-9-7-15(13-20)8-10-18)14-17-12-16-5-3-4-6-19(16)17/h3-10,17H,2,11-14,20H2,1H3. The van der Waals surface area contributed by atoms with E-state index in [0.717, 1.165) is 13.1 Å². The Balaban J connectivity index is 1.73. The summed E-state index contributed by atoms with van der Waals surface area (Å²) in [6.07, 6.45) is 2.39. The Morgan fingerprint density at radius 3 is 2.52 bits per heavy atom. The van der Waals surface area contributed by atoms with E-state index in [4.69, 9.17) is 5.73 Å². The molecule has 2 aromatic rings. The molecule has 1 aliphatic rings. The molecular weight excluding hydrogens is 256 g/mol. The molecule has 1 atom stereocenters. The third kappa shape index (κ3) is 2.96. The first kappa shape index (κ1) is 14.2. The largest absolute Gasteiger partial charge is 0.371 e. The third-order valence-corrected chi connectivity index (χ3v) is 4.43. The van der Waals surface area contributed by atoms with Gasteiger partial charge >= 0.3 is 0 Å². The van der Waals surface area contributed by atoms with E-state index in [9.17, 15) is 0 Å². The van der Waals surface area contributed by atoms with Gasteiger partial charge in [0.05, 0.1) is 0 Å². The van der Waals surface area contributed by atoms with E-state index in [1.54, 1.807) is 0 Å². The van der Waals surface area contributed by atoms with Crippen molar-refractivity contribution in [2.24, 2.45) is 5.73 Å². The van der Waals surface area contributed by atoms with E-state index >= 15 is 0 Å². The Morgan fingerprint density at radius 1 is 1.10 bits per heavy atom. The van der Waals surface area contributed by atoms with Crippen LogP contribution in [0.25, 0.3) is 0 Å². The summed E-state index contributed by atoms with van der Waals surface area (Å²) in [4.78, 5) is 2.51. The molecule has 3 rings (SSSR count). The summed E-state index contributed by atoms with van der Waals surface area (Å²) in [5.74, 6) is 0.682. The number of nitrogens with zero attached hydrogens (tertiary/aromatic N) is 1. The molecule has 0 saturated carbocycles. The zero-order valence-corrected chi connectivity index (χ0v) is 12.8. The maximum Gasteiger partial charge on any atom is 0.0366 e. The highest BCUT2D eigenvalue weighted by Gasteiger charge is 2.27. The molecule has 2 heteroatoms. The average Bonchev–Trinajstić information content (AvgIpc) is 2.52. The number of benzene rings is 2. The van der Waals surface area contributed by atoms with Gasteiger partial charge in [-0.3, -0.25) is 0 Å². The third-order valence-electron chi connectivity index (χ3n) is 4.43. The van der Waals surface area contributed by atoms with E-state index in [1.807, 2.05) is 0 Å². The highest BCUT2D eigenvalue weighted by atomic mass is 15.1. The van der Waals surface area contributed by atoms with Crippen LogP contribution < -0.4 is 10.6 Å². The number of hydrogen-bond donors (Lipinski definition) is 1. The summed E-state index contributed by atoms with van der Waals surface area (Å²) in [5, 5.41) is 0. The highest BCUT2D eigenvalue weighted by Crippen LogP contribution is 2.36. The zero-order valence-electron chi connectivity index (χ0n) is 12.8. The van der Waals surface area contributed by atoms with E-state index in [0.29, 0.717) is 12.5 Å². The fourth-order valence-corrected chi connectivity index (χ4v) is 3.23. The molecule has 0 amide bonds. The summed E-state index contributed by atoms with van der Waals surface area (Å²) >= 11 is 0. The van der Waals surface area contributed by atoms with Gasteiger partial charge in [-0.2, -0.15) is 0 Å². The molecular formula is C19H24N2. The molecule has 0 heterocycles. The maximum absolute atomic E-state index is 5.69. The van der Waals surface area contributed by atoms with Gasteiger partial charge in [-0.25, -0.2) is 0 Å². The number of rotatable bonds is 6. The first-order valence-corrected chi connectivity index (χ1v) is 7.93. The lowest BCUT2D eigenvalue weighted by molar-refractivity contribution is 0.579. The molecule has 0 spiro atoms. The maximum atomic E-state index is 5.69. The normalized spacial score (nSPS) is 16.2. The first-order valence-electron chi connectivity index (χ1n) is 7.93. The summed E-state index contributed by atoms with van der Waals surface area (Å²) in [7, 11) is 0. The van der Waals surface area contributed by atoms with Crippen molar-refractivity contribution < 1.29 is 0 Å². The van der Waals surface area contributed by atoms with Crippen LogP contribution in [-0.4, -0.2) is 13.1 Å². The van der Waals surface area contributed by atoms with Crippen LogP contribution in [0.5, 0.6) is 0 Å². The van der Waals surface area contributed by atoms with Crippen LogP contribution in [0.1, 0.15) is 36.0 Å². The molecule has 0 aliphatic heterocycles. The van der Waals surface area contributed by atoms with Gasteiger partial charge in [0.25, 0.3) is 0 Å². The predicted octanol–water partition coefficient (Wildman–Crippen LogP) is 3.70. The molecule has 0 radical (unpaired) electrons. The van der Waals surface area contributed by atoms with Gasteiger partial charge in [0, 0.05) is 31.2 Å². The number of anilines is 1. The quantitative estimate of drug-likeness (QED) is 0.874. The molecule has 0 aromatic heterocycles. The monoisotopic (exact) mass is 280 g/mol. The predicted molar refractivity (Wildman–Crippen MR) is 89.7 cm³/mol. The van der Waals surface area contributed by atoms with Crippen molar-refractivity contribution in [3.05, 3.63) is 65.2 Å². The van der Waals surface area contributed by atoms with Crippen molar-refractivity contribution in [1.82, 2.24) is 0 Å². The topological polar surface area (TPSA) is 29.3 Å². The minimum atomic E-state index is 0.615. The van der Waals surface area contributed by atoms with Crippen molar-refractivity contribution in [3.63, 3.8) is 0 Å². The van der Waals surface area contributed by atoms with Gasteiger partial charge < -0.3 is 10.6 Å². The van der Waals surface area contributed by atoms with Crippen molar-refractivity contribution in [1.29, 1.82) is 0 Å². The molecule has 1 unspecified atom stereocenters. The minimum Gasteiger partial charge on any atom is -0.371 e. The fraction of sp³-hybridized carbons (Fsp3) is 0.368. The van der Waals surface area contributed by atoms with Crippen molar-refractivity contribution in [2.45, 2.75) is 32.2 Å². The van der Waals surface area contributed by atoms with Crippen LogP contribution >= 0.6 is 0 Å². The van der Waals surface area contributed by atoms with E-state index in [1.165, 1.54) is 35.2 Å². The second kappa shape index (κ2) is 6.31. The Hall–Kier alpha value is -1.80. The van der Waals surface area contributed by atoms with Crippen LogP contribution in [0.4, 0.5) is 5.69 Å². The molecule has 0 fully saturated rings.